The number of thiol groups is 1. The van der Waals surface area contributed by atoms with E-state index in [2.05, 4.69) is 11.7 Å². The Kier molecular flexibility index (Phi) is 2.87. The molecule has 7 heteroatoms. The van der Waals surface area contributed by atoms with Crippen molar-refractivity contribution in [1.29, 1.82) is 0 Å². The Balaban J connectivity index is 2.64. The smallest absolute Gasteiger partial charge is 0.379 e. The van der Waals surface area contributed by atoms with Gasteiger partial charge in [0.05, 0.1) is 0 Å². The maximum atomic E-state index is 12.1. The predicted octanol–water partition coefficient (Wildman–Crippen LogP) is 1.48. The average Bonchev–Trinajstić information content (AvgIpc) is 2.31. The van der Waals surface area contributed by atoms with Gasteiger partial charge in [0.25, 0.3) is 0 Å². The van der Waals surface area contributed by atoms with Crippen LogP contribution in [0.15, 0.2) is 0 Å². The van der Waals surface area contributed by atoms with E-state index in [-0.39, 0.29) is 13.0 Å². The maximum absolute atomic E-state index is 12.1. The fourth-order valence-electron chi connectivity index (χ4n) is 1.06. The number of nitrogens with zero attached hydrogens (tertiary/aromatic N) is 1. The Morgan fingerprint density at radius 1 is 1.50 bits per heavy atom. The lowest BCUT2D eigenvalue weighted by Gasteiger charge is -2.25. The van der Waals surface area contributed by atoms with Gasteiger partial charge in [-0.05, 0) is 11.0 Å². The quantitative estimate of drug-likeness (QED) is 0.397. The Morgan fingerprint density at radius 2 is 2.08 bits per heavy atom. The zero-order valence-electron chi connectivity index (χ0n) is 6.01. The van der Waals surface area contributed by atoms with E-state index in [1.165, 1.54) is 4.31 Å². The molecule has 0 bridgehead atoms. The lowest BCUT2D eigenvalue weighted by atomic mass is 10.0. The topological polar surface area (TPSA) is 23.5 Å². The van der Waals surface area contributed by atoms with Gasteiger partial charge in [-0.2, -0.15) is 13.2 Å². The summed E-state index contributed by atoms with van der Waals surface area (Å²) in [5.41, 5.74) is -2.54. The summed E-state index contributed by atoms with van der Waals surface area (Å²) in [6, 6.07) is 0. The third kappa shape index (κ3) is 1.84. The standard InChI is InChI=1S/C5H8F3NOS2/c6-5(7,8)4(10)1-2-9(3-4)12-11/h10-11H,1-3H2. The zero-order valence-corrected chi connectivity index (χ0v) is 7.72. The molecule has 0 aliphatic carbocycles. The van der Waals surface area contributed by atoms with Crippen LogP contribution in [0.25, 0.3) is 0 Å². The molecule has 1 heterocycles. The number of hydrogen-bond donors (Lipinski definition) is 2. The monoisotopic (exact) mass is 219 g/mol. The van der Waals surface area contributed by atoms with Gasteiger partial charge in [0.1, 0.15) is 0 Å². The van der Waals surface area contributed by atoms with Gasteiger partial charge < -0.3 is 5.11 Å². The molecular weight excluding hydrogens is 211 g/mol. The first kappa shape index (κ1) is 10.5. The average molecular weight is 219 g/mol. The second kappa shape index (κ2) is 3.28. The molecule has 1 aliphatic rings. The molecule has 12 heavy (non-hydrogen) atoms. The molecular formula is C5H8F3NOS2. The van der Waals surface area contributed by atoms with E-state index in [0.717, 1.165) is 11.0 Å². The summed E-state index contributed by atoms with van der Waals surface area (Å²) in [6.45, 7) is -0.186. The molecule has 0 saturated carbocycles. The molecule has 0 radical (unpaired) electrons. The van der Waals surface area contributed by atoms with Gasteiger partial charge in [-0.3, -0.25) is 0 Å². The van der Waals surface area contributed by atoms with Crippen LogP contribution < -0.4 is 0 Å². The summed E-state index contributed by atoms with van der Waals surface area (Å²) in [4.78, 5) is 0. The van der Waals surface area contributed by atoms with E-state index in [9.17, 15) is 13.2 Å². The first-order chi connectivity index (χ1) is 5.39. The number of β-amino-alcohol motifs (C(OH)–C–C–N with tert-alkyl or cyclic N) is 1. The summed E-state index contributed by atoms with van der Waals surface area (Å²) < 4.78 is 37.8. The van der Waals surface area contributed by atoms with Crippen LogP contribution in [0.1, 0.15) is 6.42 Å². The lowest BCUT2D eigenvalue weighted by Crippen LogP contribution is -2.46. The Labute approximate surface area is 77.1 Å². The van der Waals surface area contributed by atoms with Crippen molar-refractivity contribution >= 4 is 22.6 Å². The second-order valence-corrected chi connectivity index (χ2v) is 3.89. The van der Waals surface area contributed by atoms with E-state index in [1.54, 1.807) is 0 Å². The van der Waals surface area contributed by atoms with Crippen molar-refractivity contribution in [3.63, 3.8) is 0 Å². The third-order valence-electron chi connectivity index (χ3n) is 1.86. The van der Waals surface area contributed by atoms with Crippen molar-refractivity contribution in [3.8, 4) is 0 Å². The minimum atomic E-state index is -4.54. The minimum absolute atomic E-state index is 0.212. The van der Waals surface area contributed by atoms with Crippen LogP contribution >= 0.6 is 22.6 Å². The van der Waals surface area contributed by atoms with Crippen molar-refractivity contribution in [1.82, 2.24) is 4.31 Å². The van der Waals surface area contributed by atoms with Gasteiger partial charge in [-0.15, -0.1) is 0 Å². The minimum Gasteiger partial charge on any atom is -0.379 e. The fourth-order valence-corrected chi connectivity index (χ4v) is 1.92. The summed E-state index contributed by atoms with van der Waals surface area (Å²) >= 11 is 3.75. The highest BCUT2D eigenvalue weighted by atomic mass is 33.1. The molecule has 0 aromatic carbocycles. The van der Waals surface area contributed by atoms with Crippen LogP contribution in [-0.2, 0) is 0 Å². The highest BCUT2D eigenvalue weighted by Gasteiger charge is 2.57. The van der Waals surface area contributed by atoms with Crippen LogP contribution in [0.4, 0.5) is 13.2 Å². The Hall–Kier alpha value is 0.410. The van der Waals surface area contributed by atoms with Crippen LogP contribution in [0.5, 0.6) is 0 Å². The molecule has 72 valence electrons. The third-order valence-corrected chi connectivity index (χ3v) is 3.09. The number of hydrogen-bond acceptors (Lipinski definition) is 4. The first-order valence-corrected chi connectivity index (χ1v) is 5.07. The Morgan fingerprint density at radius 3 is 2.33 bits per heavy atom. The molecule has 0 aromatic heterocycles. The number of rotatable bonds is 1. The molecule has 0 spiro atoms. The molecule has 1 unspecified atom stereocenters. The van der Waals surface area contributed by atoms with Gasteiger partial charge in [0, 0.05) is 19.5 Å². The van der Waals surface area contributed by atoms with Crippen LogP contribution in [0, 0.1) is 0 Å². The molecule has 0 aromatic rings. The van der Waals surface area contributed by atoms with E-state index >= 15 is 0 Å². The van der Waals surface area contributed by atoms with E-state index in [1.807, 2.05) is 0 Å². The van der Waals surface area contributed by atoms with E-state index in [0.29, 0.717) is 0 Å². The van der Waals surface area contributed by atoms with Gasteiger partial charge in [0.2, 0.25) is 0 Å². The van der Waals surface area contributed by atoms with Crippen molar-refractivity contribution in [2.45, 2.75) is 18.2 Å². The summed E-state index contributed by atoms with van der Waals surface area (Å²) in [6.07, 6.45) is -4.81. The van der Waals surface area contributed by atoms with Crippen LogP contribution in [0.3, 0.4) is 0 Å². The predicted molar refractivity (Wildman–Crippen MR) is 43.8 cm³/mol. The van der Waals surface area contributed by atoms with Gasteiger partial charge in [0.15, 0.2) is 5.60 Å². The molecule has 2 nitrogen and oxygen atoms in total. The highest BCUT2D eigenvalue weighted by Crippen LogP contribution is 2.39. The summed E-state index contributed by atoms with van der Waals surface area (Å²) in [7, 11) is 0.919. The highest BCUT2D eigenvalue weighted by molar-refractivity contribution is 8.67. The van der Waals surface area contributed by atoms with Gasteiger partial charge >= 0.3 is 6.18 Å². The van der Waals surface area contributed by atoms with Crippen LogP contribution in [0.2, 0.25) is 0 Å². The fraction of sp³-hybridized carbons (Fsp3) is 1.00. The van der Waals surface area contributed by atoms with E-state index < -0.39 is 18.3 Å². The molecule has 1 saturated heterocycles. The second-order valence-electron chi connectivity index (χ2n) is 2.72. The number of aliphatic hydroxyl groups is 1. The SMILES string of the molecule is OC1(C(F)(F)F)CCN(SS)C1. The lowest BCUT2D eigenvalue weighted by molar-refractivity contribution is -0.252. The van der Waals surface area contributed by atoms with Crippen molar-refractivity contribution in [3.05, 3.63) is 0 Å². The first-order valence-electron chi connectivity index (χ1n) is 3.25. The van der Waals surface area contributed by atoms with Crippen molar-refractivity contribution in [2.75, 3.05) is 13.1 Å². The Bertz CT molecular complexity index is 177. The molecule has 1 rings (SSSR count). The normalized spacial score (nSPS) is 32.8. The molecule has 1 aliphatic heterocycles. The largest absolute Gasteiger partial charge is 0.418 e. The number of alkyl halides is 3. The molecule has 1 N–H and O–H groups in total. The van der Waals surface area contributed by atoms with Crippen LogP contribution in [-0.4, -0.2) is 34.3 Å². The van der Waals surface area contributed by atoms with E-state index in [4.69, 9.17) is 5.11 Å². The summed E-state index contributed by atoms with van der Waals surface area (Å²) in [5, 5.41) is 9.12. The molecule has 1 fully saturated rings. The van der Waals surface area contributed by atoms with Crippen molar-refractivity contribution in [2.24, 2.45) is 0 Å². The molecule has 1 atom stereocenters. The maximum Gasteiger partial charge on any atom is 0.418 e. The van der Waals surface area contributed by atoms with Crippen molar-refractivity contribution < 1.29 is 18.3 Å². The van der Waals surface area contributed by atoms with Gasteiger partial charge in [-0.25, -0.2) is 4.31 Å². The molecule has 0 amide bonds. The zero-order chi connectivity index (χ0) is 9.41. The number of halogens is 3. The van der Waals surface area contributed by atoms with Gasteiger partial charge in [-0.1, -0.05) is 11.7 Å². The summed E-state index contributed by atoms with van der Waals surface area (Å²) in [5.74, 6) is 0.